The normalized spacial score (nSPS) is 10.9. The van der Waals surface area contributed by atoms with Crippen LogP contribution in [0.25, 0.3) is 33.7 Å². The molecule has 0 radical (unpaired) electrons. The van der Waals surface area contributed by atoms with E-state index in [1.807, 2.05) is 72.8 Å². The van der Waals surface area contributed by atoms with Crippen LogP contribution in [0.1, 0.15) is 5.56 Å². The summed E-state index contributed by atoms with van der Waals surface area (Å²) < 4.78 is 17.1. The first-order valence-corrected chi connectivity index (χ1v) is 12.0. The Bertz CT molecular complexity index is 1640. The largest absolute Gasteiger partial charge is 0.472 e. The second-order valence-corrected chi connectivity index (χ2v) is 8.52. The van der Waals surface area contributed by atoms with Crippen molar-refractivity contribution in [3.05, 3.63) is 103 Å². The van der Waals surface area contributed by atoms with Gasteiger partial charge in [-0.2, -0.15) is 0 Å². The number of benzene rings is 2. The van der Waals surface area contributed by atoms with Crippen LogP contribution in [-0.2, 0) is 6.42 Å². The van der Waals surface area contributed by atoms with Crippen molar-refractivity contribution in [2.75, 3.05) is 22.5 Å². The molecule has 6 aromatic rings. The molecule has 4 aromatic heterocycles. The SMILES string of the molecule is O=C(Nc1ccccc1)Nc1ccc(CCNc2ncnc3oc(-c4ccoc4)c(-c4ccco4)c23)cc1. The molecule has 0 fully saturated rings. The van der Waals surface area contributed by atoms with Crippen LogP contribution in [0.3, 0.4) is 0 Å². The van der Waals surface area contributed by atoms with Gasteiger partial charge in [0, 0.05) is 17.9 Å². The van der Waals surface area contributed by atoms with Gasteiger partial charge in [0.15, 0.2) is 5.76 Å². The van der Waals surface area contributed by atoms with Gasteiger partial charge in [-0.3, -0.25) is 0 Å². The van der Waals surface area contributed by atoms with Crippen LogP contribution in [0.5, 0.6) is 0 Å². The van der Waals surface area contributed by atoms with Crippen LogP contribution < -0.4 is 16.0 Å². The standard InChI is InChI=1S/C29H23N5O4/c35-29(33-21-5-2-1-3-6-21)34-22-10-8-19(9-11-22)12-14-30-27-25-24(23-7-4-15-37-23)26(20-13-16-36-17-20)38-28(25)32-18-31-27/h1-11,13,15-18H,12,14H2,(H,30,31,32)(H2,33,34,35). The van der Waals surface area contributed by atoms with Crippen molar-refractivity contribution in [1.82, 2.24) is 9.97 Å². The number of hydrogen-bond donors (Lipinski definition) is 3. The molecular weight excluding hydrogens is 482 g/mol. The number of rotatable bonds is 8. The molecular formula is C29H23N5O4. The molecule has 4 heterocycles. The molecule has 6 rings (SSSR count). The molecule has 9 heteroatoms. The Morgan fingerprint density at radius 3 is 2.39 bits per heavy atom. The third kappa shape index (κ3) is 4.85. The van der Waals surface area contributed by atoms with Crippen molar-refractivity contribution < 1.29 is 18.0 Å². The molecule has 0 aliphatic rings. The van der Waals surface area contributed by atoms with Gasteiger partial charge >= 0.3 is 6.03 Å². The Hall–Kier alpha value is -5.31. The minimum absolute atomic E-state index is 0.291. The Morgan fingerprint density at radius 1 is 0.842 bits per heavy atom. The summed E-state index contributed by atoms with van der Waals surface area (Å²) in [6.07, 6.45) is 7.04. The maximum absolute atomic E-state index is 12.2. The van der Waals surface area contributed by atoms with Crippen LogP contribution in [0, 0.1) is 0 Å². The van der Waals surface area contributed by atoms with E-state index in [-0.39, 0.29) is 6.03 Å². The highest BCUT2D eigenvalue weighted by Crippen LogP contribution is 2.42. The quantitative estimate of drug-likeness (QED) is 0.203. The number of anilines is 3. The van der Waals surface area contributed by atoms with Gasteiger partial charge < -0.3 is 29.2 Å². The number of urea groups is 1. The van der Waals surface area contributed by atoms with E-state index < -0.39 is 0 Å². The Morgan fingerprint density at radius 2 is 1.66 bits per heavy atom. The molecule has 0 saturated heterocycles. The topological polar surface area (TPSA) is 118 Å². The van der Waals surface area contributed by atoms with Crippen LogP contribution in [0.2, 0.25) is 0 Å². The molecule has 0 unspecified atom stereocenters. The van der Waals surface area contributed by atoms with Gasteiger partial charge in [0.1, 0.15) is 24.2 Å². The summed E-state index contributed by atoms with van der Waals surface area (Å²) in [5.41, 5.74) is 4.55. The molecule has 0 aliphatic heterocycles. The fourth-order valence-electron chi connectivity index (χ4n) is 4.22. The van der Waals surface area contributed by atoms with Crippen LogP contribution in [-0.4, -0.2) is 22.5 Å². The van der Waals surface area contributed by atoms with Crippen molar-refractivity contribution >= 4 is 34.3 Å². The third-order valence-corrected chi connectivity index (χ3v) is 5.99. The van der Waals surface area contributed by atoms with Gasteiger partial charge in [0.2, 0.25) is 5.71 Å². The summed E-state index contributed by atoms with van der Waals surface area (Å²) >= 11 is 0. The monoisotopic (exact) mass is 505 g/mol. The lowest BCUT2D eigenvalue weighted by molar-refractivity contribution is 0.262. The number of carbonyl (C=O) groups excluding carboxylic acids is 1. The smallest absolute Gasteiger partial charge is 0.323 e. The Labute approximate surface area is 217 Å². The van der Waals surface area contributed by atoms with Crippen LogP contribution in [0.15, 0.2) is 111 Å². The number of hydrogen-bond acceptors (Lipinski definition) is 7. The molecule has 2 amide bonds. The summed E-state index contributed by atoms with van der Waals surface area (Å²) in [5, 5.41) is 9.80. The first kappa shape index (κ1) is 23.1. The van der Waals surface area contributed by atoms with E-state index in [0.29, 0.717) is 35.3 Å². The average Bonchev–Trinajstić information content (AvgIpc) is 3.71. The lowest BCUT2D eigenvalue weighted by Gasteiger charge is -2.09. The zero-order valence-corrected chi connectivity index (χ0v) is 20.2. The predicted octanol–water partition coefficient (Wildman–Crippen LogP) is 7.04. The molecule has 2 aromatic carbocycles. The highest BCUT2D eigenvalue weighted by atomic mass is 16.4. The van der Waals surface area contributed by atoms with E-state index in [1.54, 1.807) is 18.8 Å². The zero-order valence-electron chi connectivity index (χ0n) is 20.2. The molecule has 0 spiro atoms. The van der Waals surface area contributed by atoms with Crippen molar-refractivity contribution in [1.29, 1.82) is 0 Å². The van der Waals surface area contributed by atoms with Crippen molar-refractivity contribution in [3.8, 4) is 22.6 Å². The van der Waals surface area contributed by atoms with Crippen molar-refractivity contribution in [3.63, 3.8) is 0 Å². The van der Waals surface area contributed by atoms with Crippen molar-refractivity contribution in [2.24, 2.45) is 0 Å². The summed E-state index contributed by atoms with van der Waals surface area (Å²) in [5.74, 6) is 1.90. The number of nitrogens with zero attached hydrogens (tertiary/aromatic N) is 2. The van der Waals surface area contributed by atoms with Crippen LogP contribution in [0.4, 0.5) is 22.0 Å². The van der Waals surface area contributed by atoms with Gasteiger partial charge in [-0.15, -0.1) is 0 Å². The maximum Gasteiger partial charge on any atom is 0.323 e. The minimum Gasteiger partial charge on any atom is -0.472 e. The minimum atomic E-state index is -0.291. The number of furan rings is 3. The second-order valence-electron chi connectivity index (χ2n) is 8.52. The molecule has 188 valence electrons. The zero-order chi connectivity index (χ0) is 25.7. The first-order chi connectivity index (χ1) is 18.7. The molecule has 9 nitrogen and oxygen atoms in total. The molecule has 0 atom stereocenters. The van der Waals surface area contributed by atoms with Gasteiger partial charge in [0.05, 0.1) is 29.0 Å². The maximum atomic E-state index is 12.2. The molecule has 0 aliphatic carbocycles. The van der Waals surface area contributed by atoms with Gasteiger partial charge in [0.25, 0.3) is 0 Å². The molecule has 0 saturated carbocycles. The predicted molar refractivity (Wildman–Crippen MR) is 145 cm³/mol. The van der Waals surface area contributed by atoms with E-state index in [9.17, 15) is 4.79 Å². The lowest BCUT2D eigenvalue weighted by Crippen LogP contribution is -2.19. The van der Waals surface area contributed by atoms with E-state index in [2.05, 4.69) is 25.9 Å². The average molecular weight is 506 g/mol. The Balaban J connectivity index is 1.15. The number of nitrogens with one attached hydrogen (secondary N) is 3. The van der Waals surface area contributed by atoms with Crippen LogP contribution >= 0.6 is 0 Å². The van der Waals surface area contributed by atoms with Crippen molar-refractivity contribution in [2.45, 2.75) is 6.42 Å². The number of carbonyl (C=O) groups is 1. The summed E-state index contributed by atoms with van der Waals surface area (Å²) in [7, 11) is 0. The molecule has 38 heavy (non-hydrogen) atoms. The van der Waals surface area contributed by atoms with E-state index in [0.717, 1.165) is 34.2 Å². The Kier molecular flexibility index (Phi) is 6.30. The highest BCUT2D eigenvalue weighted by Gasteiger charge is 2.24. The molecule has 0 bridgehead atoms. The van der Waals surface area contributed by atoms with E-state index >= 15 is 0 Å². The summed E-state index contributed by atoms with van der Waals surface area (Å²) in [6, 6.07) is 22.3. The number of amides is 2. The third-order valence-electron chi connectivity index (χ3n) is 5.99. The summed E-state index contributed by atoms with van der Waals surface area (Å²) in [6.45, 7) is 0.622. The van der Waals surface area contributed by atoms with E-state index in [4.69, 9.17) is 13.3 Å². The van der Waals surface area contributed by atoms with Gasteiger partial charge in [-0.1, -0.05) is 30.3 Å². The number of fused-ring (bicyclic) bond motifs is 1. The lowest BCUT2D eigenvalue weighted by atomic mass is 10.1. The molecule has 3 N–H and O–H groups in total. The highest BCUT2D eigenvalue weighted by molar-refractivity contribution is 6.04. The fourth-order valence-corrected chi connectivity index (χ4v) is 4.22. The fraction of sp³-hybridized carbons (Fsp3) is 0.0690. The second kappa shape index (κ2) is 10.4. The van der Waals surface area contributed by atoms with Gasteiger partial charge in [-0.05, 0) is 54.4 Å². The van der Waals surface area contributed by atoms with E-state index in [1.165, 1.54) is 6.33 Å². The summed E-state index contributed by atoms with van der Waals surface area (Å²) in [4.78, 5) is 21.1. The number of para-hydroxylation sites is 1. The number of aromatic nitrogens is 2. The van der Waals surface area contributed by atoms with Gasteiger partial charge in [-0.25, -0.2) is 14.8 Å². The first-order valence-electron chi connectivity index (χ1n) is 12.0.